The van der Waals surface area contributed by atoms with Crippen LogP contribution in [0.25, 0.3) is 10.9 Å². The minimum atomic E-state index is -1.00. The van der Waals surface area contributed by atoms with Crippen LogP contribution >= 0.6 is 15.9 Å². The van der Waals surface area contributed by atoms with Crippen LogP contribution in [0.1, 0.15) is 54.1 Å². The number of aromatic carboxylic acids is 1. The van der Waals surface area contributed by atoms with Gasteiger partial charge in [0.25, 0.3) is 0 Å². The normalized spacial score (nSPS) is 16.3. The van der Waals surface area contributed by atoms with Gasteiger partial charge >= 0.3 is 5.97 Å². The topological polar surface area (TPSA) is 50.2 Å². The molecule has 0 saturated heterocycles. The zero-order chi connectivity index (χ0) is 15.0. The highest BCUT2D eigenvalue weighted by Crippen LogP contribution is 2.34. The first-order chi connectivity index (χ1) is 10.1. The molecule has 3 nitrogen and oxygen atoms in total. The predicted molar refractivity (Wildman–Crippen MR) is 82.2 cm³/mol. The average molecular weight is 352 g/mol. The van der Waals surface area contributed by atoms with E-state index in [1.165, 1.54) is 18.6 Å². The van der Waals surface area contributed by atoms with Gasteiger partial charge in [-0.2, -0.15) is 0 Å². The van der Waals surface area contributed by atoms with Crippen molar-refractivity contribution in [2.24, 2.45) is 0 Å². The smallest absolute Gasteiger partial charge is 0.336 e. The maximum atomic E-state index is 13.7. The third-order valence-electron chi connectivity index (χ3n) is 4.12. The van der Waals surface area contributed by atoms with E-state index >= 15 is 0 Å². The minimum absolute atomic E-state index is 0.196. The van der Waals surface area contributed by atoms with Crippen LogP contribution in [-0.2, 0) is 0 Å². The summed E-state index contributed by atoms with van der Waals surface area (Å²) in [5.74, 6) is -1.14. The Morgan fingerprint density at radius 1 is 1.24 bits per heavy atom. The third-order valence-corrected chi connectivity index (χ3v) is 4.73. The summed E-state index contributed by atoms with van der Waals surface area (Å²) in [6, 6.07) is 4.45. The molecule has 2 aromatic rings. The fourth-order valence-corrected chi connectivity index (χ4v) is 3.37. The molecule has 5 heteroatoms. The number of rotatable bonds is 2. The predicted octanol–water partition coefficient (Wildman–Crippen LogP) is 4.88. The van der Waals surface area contributed by atoms with Gasteiger partial charge in [-0.25, -0.2) is 9.18 Å². The van der Waals surface area contributed by atoms with Gasteiger partial charge in [0.05, 0.1) is 15.6 Å². The highest BCUT2D eigenvalue weighted by Gasteiger charge is 2.21. The van der Waals surface area contributed by atoms with Crippen LogP contribution in [0.2, 0.25) is 0 Å². The summed E-state index contributed by atoms with van der Waals surface area (Å²) in [7, 11) is 0. The number of carboxylic acid groups (broad SMARTS) is 1. The second-order valence-corrected chi connectivity index (χ2v) is 6.37. The lowest BCUT2D eigenvalue weighted by Gasteiger charge is -2.22. The van der Waals surface area contributed by atoms with Gasteiger partial charge in [0, 0.05) is 23.1 Å². The monoisotopic (exact) mass is 351 g/mol. The van der Waals surface area contributed by atoms with Crippen LogP contribution in [0.15, 0.2) is 22.7 Å². The zero-order valence-corrected chi connectivity index (χ0v) is 13.0. The molecule has 0 amide bonds. The molecule has 21 heavy (non-hydrogen) atoms. The lowest BCUT2D eigenvalue weighted by molar-refractivity contribution is 0.0698. The standard InChI is InChI=1S/C16H15BrFNO2/c17-12-6-10-11(16(20)21)7-14(9-4-2-1-3-5-9)19-15(10)8-13(12)18/h6-9H,1-5H2,(H,20,21). The summed E-state index contributed by atoms with van der Waals surface area (Å²) < 4.78 is 14.0. The van der Waals surface area contributed by atoms with E-state index in [-0.39, 0.29) is 16.0 Å². The summed E-state index contributed by atoms with van der Waals surface area (Å²) in [5.41, 5.74) is 1.39. The van der Waals surface area contributed by atoms with Crippen molar-refractivity contribution in [1.82, 2.24) is 4.98 Å². The second-order valence-electron chi connectivity index (χ2n) is 5.52. The second kappa shape index (κ2) is 5.72. The first-order valence-electron chi connectivity index (χ1n) is 7.09. The molecule has 0 unspecified atom stereocenters. The molecule has 1 aliphatic carbocycles. The Labute approximate surface area is 130 Å². The lowest BCUT2D eigenvalue weighted by Crippen LogP contribution is -2.09. The van der Waals surface area contributed by atoms with Crippen molar-refractivity contribution in [2.75, 3.05) is 0 Å². The number of aromatic nitrogens is 1. The minimum Gasteiger partial charge on any atom is -0.478 e. The van der Waals surface area contributed by atoms with E-state index in [4.69, 9.17) is 0 Å². The van der Waals surface area contributed by atoms with E-state index in [1.54, 1.807) is 6.07 Å². The van der Waals surface area contributed by atoms with E-state index in [0.29, 0.717) is 10.9 Å². The number of halogens is 2. The Morgan fingerprint density at radius 3 is 2.62 bits per heavy atom. The van der Waals surface area contributed by atoms with Gasteiger partial charge in [0.1, 0.15) is 5.82 Å². The van der Waals surface area contributed by atoms with Crippen LogP contribution in [0, 0.1) is 5.82 Å². The Balaban J connectivity index is 2.18. The molecule has 3 rings (SSSR count). The molecular formula is C16H15BrFNO2. The Hall–Kier alpha value is -1.49. The number of hydrogen-bond donors (Lipinski definition) is 1. The van der Waals surface area contributed by atoms with Crippen molar-refractivity contribution < 1.29 is 14.3 Å². The molecule has 0 radical (unpaired) electrons. The summed E-state index contributed by atoms with van der Waals surface area (Å²) in [6.07, 6.45) is 5.55. The quantitative estimate of drug-likeness (QED) is 0.838. The molecule has 1 fully saturated rings. The van der Waals surface area contributed by atoms with E-state index in [2.05, 4.69) is 20.9 Å². The van der Waals surface area contributed by atoms with Crippen LogP contribution in [-0.4, -0.2) is 16.1 Å². The third kappa shape index (κ3) is 2.79. The highest BCUT2D eigenvalue weighted by molar-refractivity contribution is 9.10. The van der Waals surface area contributed by atoms with Gasteiger partial charge in [-0.15, -0.1) is 0 Å². The highest BCUT2D eigenvalue weighted by atomic mass is 79.9. The first kappa shape index (κ1) is 14.4. The van der Waals surface area contributed by atoms with Crippen molar-refractivity contribution >= 4 is 32.8 Å². The van der Waals surface area contributed by atoms with Gasteiger partial charge in [0.2, 0.25) is 0 Å². The van der Waals surface area contributed by atoms with Gasteiger partial charge in [-0.05, 0) is 40.9 Å². The van der Waals surface area contributed by atoms with Crippen molar-refractivity contribution in [1.29, 1.82) is 0 Å². The molecule has 110 valence electrons. The van der Waals surface area contributed by atoms with Crippen molar-refractivity contribution in [3.63, 3.8) is 0 Å². The number of nitrogens with zero attached hydrogens (tertiary/aromatic N) is 1. The fourth-order valence-electron chi connectivity index (χ4n) is 3.03. The number of hydrogen-bond acceptors (Lipinski definition) is 2. The molecule has 1 N–H and O–H groups in total. The molecule has 1 aliphatic rings. The van der Waals surface area contributed by atoms with E-state index in [1.807, 2.05) is 0 Å². The number of benzene rings is 1. The van der Waals surface area contributed by atoms with Gasteiger partial charge < -0.3 is 5.11 Å². The molecule has 0 spiro atoms. The van der Waals surface area contributed by atoms with Gasteiger partial charge in [-0.3, -0.25) is 4.98 Å². The van der Waals surface area contributed by atoms with Crippen molar-refractivity contribution in [3.8, 4) is 0 Å². The maximum absolute atomic E-state index is 13.7. The Kier molecular flexibility index (Phi) is 3.93. The van der Waals surface area contributed by atoms with E-state index in [0.717, 1.165) is 31.4 Å². The molecule has 1 heterocycles. The van der Waals surface area contributed by atoms with Gasteiger partial charge in [0.15, 0.2) is 0 Å². The number of carboxylic acids is 1. The molecule has 0 atom stereocenters. The summed E-state index contributed by atoms with van der Waals surface area (Å²) in [4.78, 5) is 16.0. The molecule has 0 aliphatic heterocycles. The van der Waals surface area contributed by atoms with E-state index in [9.17, 15) is 14.3 Å². The fraction of sp³-hybridized carbons (Fsp3) is 0.375. The largest absolute Gasteiger partial charge is 0.478 e. The number of fused-ring (bicyclic) bond motifs is 1. The molecule has 1 saturated carbocycles. The average Bonchev–Trinajstić information content (AvgIpc) is 2.48. The van der Waals surface area contributed by atoms with Crippen LogP contribution in [0.4, 0.5) is 4.39 Å². The zero-order valence-electron chi connectivity index (χ0n) is 11.4. The summed E-state index contributed by atoms with van der Waals surface area (Å²) in [5, 5.41) is 9.90. The lowest BCUT2D eigenvalue weighted by atomic mass is 9.86. The van der Waals surface area contributed by atoms with Crippen molar-refractivity contribution in [3.05, 3.63) is 39.7 Å². The molecule has 1 aromatic heterocycles. The van der Waals surface area contributed by atoms with E-state index < -0.39 is 11.8 Å². The summed E-state index contributed by atoms with van der Waals surface area (Å²) in [6.45, 7) is 0. The maximum Gasteiger partial charge on any atom is 0.336 e. The van der Waals surface area contributed by atoms with Gasteiger partial charge in [-0.1, -0.05) is 19.3 Å². The number of carbonyl (C=O) groups is 1. The Morgan fingerprint density at radius 2 is 1.95 bits per heavy atom. The molecule has 1 aromatic carbocycles. The summed E-state index contributed by atoms with van der Waals surface area (Å²) >= 11 is 3.10. The SMILES string of the molecule is O=C(O)c1cc(C2CCCCC2)nc2cc(F)c(Br)cc12. The molecule has 0 bridgehead atoms. The van der Waals surface area contributed by atoms with Crippen LogP contribution < -0.4 is 0 Å². The Bertz CT molecular complexity index is 711. The number of pyridine rings is 1. The molecular weight excluding hydrogens is 337 g/mol. The van der Waals surface area contributed by atoms with Crippen LogP contribution in [0.3, 0.4) is 0 Å². The van der Waals surface area contributed by atoms with Crippen LogP contribution in [0.5, 0.6) is 0 Å². The van der Waals surface area contributed by atoms with Crippen molar-refractivity contribution in [2.45, 2.75) is 38.0 Å². The first-order valence-corrected chi connectivity index (χ1v) is 7.88.